The molecule has 5 nitrogen and oxygen atoms in total. The number of hydrogen-bond acceptors (Lipinski definition) is 3. The van der Waals surface area contributed by atoms with Gasteiger partial charge in [-0.25, -0.2) is 5.84 Å². The van der Waals surface area contributed by atoms with Crippen LogP contribution >= 0.6 is 11.6 Å². The van der Waals surface area contributed by atoms with E-state index >= 15 is 0 Å². The summed E-state index contributed by atoms with van der Waals surface area (Å²) in [5.41, 5.74) is 2.07. The molecule has 0 aliphatic carbocycles. The SMILES string of the molecule is Cn1cc(Cl)c(C(=O)NN)n1. The lowest BCUT2D eigenvalue weighted by Crippen LogP contribution is -2.30. The van der Waals surface area contributed by atoms with Crippen molar-refractivity contribution in [1.29, 1.82) is 0 Å². The van der Waals surface area contributed by atoms with E-state index in [1.807, 2.05) is 5.43 Å². The molecule has 11 heavy (non-hydrogen) atoms. The van der Waals surface area contributed by atoms with Gasteiger partial charge in [-0.2, -0.15) is 5.10 Å². The summed E-state index contributed by atoms with van der Waals surface area (Å²) in [7, 11) is 1.67. The second-order valence-corrected chi connectivity index (χ2v) is 2.38. The third kappa shape index (κ3) is 1.50. The predicted octanol–water partition coefficient (Wildman–Crippen LogP) is -0.323. The predicted molar refractivity (Wildman–Crippen MR) is 39.9 cm³/mol. The normalized spacial score (nSPS) is 9.73. The van der Waals surface area contributed by atoms with E-state index in [-0.39, 0.29) is 10.7 Å². The summed E-state index contributed by atoms with van der Waals surface area (Å²) in [6.07, 6.45) is 1.52. The summed E-state index contributed by atoms with van der Waals surface area (Å²) in [5.74, 6) is 4.38. The molecule has 1 rings (SSSR count). The van der Waals surface area contributed by atoms with Gasteiger partial charge in [0.25, 0.3) is 5.91 Å². The van der Waals surface area contributed by atoms with Crippen molar-refractivity contribution in [2.45, 2.75) is 0 Å². The Labute approximate surface area is 68.1 Å². The van der Waals surface area contributed by atoms with E-state index in [1.54, 1.807) is 7.05 Å². The average Bonchev–Trinajstić information content (AvgIpc) is 2.28. The number of carbonyl (C=O) groups excluding carboxylic acids is 1. The largest absolute Gasteiger partial charge is 0.289 e. The summed E-state index contributed by atoms with van der Waals surface area (Å²) in [5, 5.41) is 4.06. The molecule has 1 amide bonds. The lowest BCUT2D eigenvalue weighted by atomic mass is 10.4. The molecule has 0 saturated heterocycles. The number of hydrogen-bond donors (Lipinski definition) is 2. The molecule has 0 fully saturated rings. The second-order valence-electron chi connectivity index (χ2n) is 1.97. The van der Waals surface area contributed by atoms with Crippen LogP contribution < -0.4 is 11.3 Å². The van der Waals surface area contributed by atoms with Crippen LogP contribution in [-0.4, -0.2) is 15.7 Å². The Bertz CT molecular complexity index is 282. The van der Waals surface area contributed by atoms with Gasteiger partial charge in [0.1, 0.15) is 0 Å². The van der Waals surface area contributed by atoms with E-state index in [9.17, 15) is 4.79 Å². The van der Waals surface area contributed by atoms with Crippen molar-refractivity contribution in [3.05, 3.63) is 16.9 Å². The summed E-state index contributed by atoms with van der Waals surface area (Å²) < 4.78 is 1.44. The lowest BCUT2D eigenvalue weighted by molar-refractivity contribution is 0.0948. The molecule has 0 spiro atoms. The van der Waals surface area contributed by atoms with E-state index in [2.05, 4.69) is 5.10 Å². The number of rotatable bonds is 1. The van der Waals surface area contributed by atoms with Gasteiger partial charge >= 0.3 is 0 Å². The summed E-state index contributed by atoms with van der Waals surface area (Å²) in [6, 6.07) is 0. The molecule has 0 unspecified atom stereocenters. The maximum atomic E-state index is 10.9. The van der Waals surface area contributed by atoms with Crippen molar-refractivity contribution in [3.63, 3.8) is 0 Å². The zero-order valence-electron chi connectivity index (χ0n) is 5.84. The third-order valence-corrected chi connectivity index (χ3v) is 1.41. The highest BCUT2D eigenvalue weighted by Crippen LogP contribution is 2.11. The van der Waals surface area contributed by atoms with Gasteiger partial charge in [-0.1, -0.05) is 11.6 Å². The van der Waals surface area contributed by atoms with Crippen molar-refractivity contribution in [2.75, 3.05) is 0 Å². The number of nitrogens with two attached hydrogens (primary N) is 1. The summed E-state index contributed by atoms with van der Waals surface area (Å²) in [6.45, 7) is 0. The molecular formula is C5H7ClN4O. The number of nitrogens with one attached hydrogen (secondary N) is 1. The zero-order valence-corrected chi connectivity index (χ0v) is 6.59. The van der Waals surface area contributed by atoms with Gasteiger partial charge in [-0.3, -0.25) is 14.9 Å². The first-order valence-electron chi connectivity index (χ1n) is 2.85. The molecule has 0 aliphatic rings. The monoisotopic (exact) mass is 174 g/mol. The number of aromatic nitrogens is 2. The Morgan fingerprint density at radius 2 is 2.55 bits per heavy atom. The van der Waals surface area contributed by atoms with Crippen molar-refractivity contribution in [3.8, 4) is 0 Å². The van der Waals surface area contributed by atoms with Crippen molar-refractivity contribution in [2.24, 2.45) is 12.9 Å². The number of nitrogen functional groups attached to an aromatic ring is 1. The summed E-state index contributed by atoms with van der Waals surface area (Å²) >= 11 is 5.62. The number of carbonyl (C=O) groups is 1. The van der Waals surface area contributed by atoms with Gasteiger partial charge in [0.2, 0.25) is 0 Å². The smallest absolute Gasteiger partial charge is 0.287 e. The number of halogens is 1. The van der Waals surface area contributed by atoms with Crippen LogP contribution in [-0.2, 0) is 7.05 Å². The Morgan fingerprint density at radius 3 is 2.91 bits per heavy atom. The minimum absolute atomic E-state index is 0.136. The molecule has 0 aromatic carbocycles. The van der Waals surface area contributed by atoms with Crippen LogP contribution in [0, 0.1) is 0 Å². The Kier molecular flexibility index (Phi) is 2.11. The van der Waals surface area contributed by atoms with Gasteiger partial charge < -0.3 is 0 Å². The molecule has 0 saturated carbocycles. The lowest BCUT2D eigenvalue weighted by Gasteiger charge is -1.92. The zero-order chi connectivity index (χ0) is 8.43. The van der Waals surface area contributed by atoms with Gasteiger partial charge in [-0.15, -0.1) is 0 Å². The second kappa shape index (κ2) is 2.89. The number of aryl methyl sites for hydroxylation is 1. The average molecular weight is 175 g/mol. The quantitative estimate of drug-likeness (QED) is 0.348. The molecule has 0 atom stereocenters. The fraction of sp³-hybridized carbons (Fsp3) is 0.200. The minimum atomic E-state index is -0.490. The fourth-order valence-electron chi connectivity index (χ4n) is 0.682. The molecular weight excluding hydrogens is 168 g/mol. The fourth-order valence-corrected chi connectivity index (χ4v) is 0.947. The number of hydrazine groups is 1. The first-order chi connectivity index (χ1) is 5.15. The van der Waals surface area contributed by atoms with Gasteiger partial charge in [-0.05, 0) is 0 Å². The van der Waals surface area contributed by atoms with Crippen LogP contribution in [0.25, 0.3) is 0 Å². The first-order valence-corrected chi connectivity index (χ1v) is 3.23. The van der Waals surface area contributed by atoms with Crippen LogP contribution in [0.4, 0.5) is 0 Å². The standard InChI is InChI=1S/C5H7ClN4O/c1-10-2-3(6)4(9-10)5(11)8-7/h2H,7H2,1H3,(H,8,11). The van der Waals surface area contributed by atoms with Gasteiger partial charge in [0.15, 0.2) is 5.69 Å². The number of amides is 1. The molecule has 6 heteroatoms. The van der Waals surface area contributed by atoms with E-state index in [1.165, 1.54) is 10.9 Å². The van der Waals surface area contributed by atoms with Gasteiger partial charge in [0.05, 0.1) is 5.02 Å². The topological polar surface area (TPSA) is 72.9 Å². The molecule has 0 aliphatic heterocycles. The molecule has 1 heterocycles. The molecule has 3 N–H and O–H groups in total. The molecule has 60 valence electrons. The van der Waals surface area contributed by atoms with Crippen LogP contribution in [0.3, 0.4) is 0 Å². The van der Waals surface area contributed by atoms with Gasteiger partial charge in [0, 0.05) is 13.2 Å². The van der Waals surface area contributed by atoms with Crippen LogP contribution in [0.1, 0.15) is 10.5 Å². The van der Waals surface area contributed by atoms with Crippen LogP contribution in [0.2, 0.25) is 5.02 Å². The molecule has 0 bridgehead atoms. The van der Waals surface area contributed by atoms with E-state index in [4.69, 9.17) is 17.4 Å². The van der Waals surface area contributed by atoms with Crippen molar-refractivity contribution < 1.29 is 4.79 Å². The first kappa shape index (κ1) is 8.03. The highest BCUT2D eigenvalue weighted by atomic mass is 35.5. The maximum Gasteiger partial charge on any atom is 0.287 e. The molecule has 0 radical (unpaired) electrons. The molecule has 1 aromatic heterocycles. The van der Waals surface area contributed by atoms with Crippen molar-refractivity contribution in [1.82, 2.24) is 15.2 Å². The third-order valence-electron chi connectivity index (χ3n) is 1.13. The van der Waals surface area contributed by atoms with Crippen molar-refractivity contribution >= 4 is 17.5 Å². The van der Waals surface area contributed by atoms with E-state index in [0.717, 1.165) is 0 Å². The Balaban J connectivity index is 3.03. The number of nitrogens with zero attached hydrogens (tertiary/aromatic N) is 2. The highest BCUT2D eigenvalue weighted by Gasteiger charge is 2.12. The Morgan fingerprint density at radius 1 is 1.91 bits per heavy atom. The maximum absolute atomic E-state index is 10.9. The summed E-state index contributed by atoms with van der Waals surface area (Å²) in [4.78, 5) is 10.9. The Hall–Kier alpha value is -1.07. The minimum Gasteiger partial charge on any atom is -0.289 e. The van der Waals surface area contributed by atoms with E-state index in [0.29, 0.717) is 0 Å². The van der Waals surface area contributed by atoms with Crippen LogP contribution in [0.5, 0.6) is 0 Å². The van der Waals surface area contributed by atoms with Crippen LogP contribution in [0.15, 0.2) is 6.20 Å². The van der Waals surface area contributed by atoms with E-state index < -0.39 is 5.91 Å². The highest BCUT2D eigenvalue weighted by molar-refractivity contribution is 6.33. The molecule has 1 aromatic rings.